The van der Waals surface area contributed by atoms with Crippen LogP contribution in [0.1, 0.15) is 11.3 Å². The number of para-hydroxylation sites is 1. The molecule has 2 amide bonds. The number of hydrogen-bond donors (Lipinski definition) is 2. The van der Waals surface area contributed by atoms with Gasteiger partial charge in [-0.05, 0) is 31.2 Å². The Morgan fingerprint density at radius 1 is 1.17 bits per heavy atom. The third kappa shape index (κ3) is 4.35. The molecule has 2 aliphatic rings. The molecule has 1 aromatic heterocycles. The number of thioether (sulfide) groups is 1. The van der Waals surface area contributed by atoms with E-state index in [1.165, 1.54) is 0 Å². The van der Waals surface area contributed by atoms with Crippen LogP contribution in [0, 0.1) is 6.92 Å². The van der Waals surface area contributed by atoms with Crippen LogP contribution in [0.4, 0.5) is 5.69 Å². The Morgan fingerprint density at radius 3 is 2.74 bits per heavy atom. The second-order valence-electron chi connectivity index (χ2n) is 7.88. The average molecular weight is 510 g/mol. The van der Waals surface area contributed by atoms with Crippen molar-refractivity contribution in [1.82, 2.24) is 9.47 Å². The highest BCUT2D eigenvalue weighted by Crippen LogP contribution is 2.36. The molecule has 0 bridgehead atoms. The molecule has 0 aliphatic carbocycles. The normalized spacial score (nSPS) is 15.9. The predicted molar refractivity (Wildman–Crippen MR) is 135 cm³/mol. The molecule has 11 heteroatoms. The molecule has 35 heavy (non-hydrogen) atoms. The lowest BCUT2D eigenvalue weighted by molar-refractivity contribution is -0.140. The van der Waals surface area contributed by atoms with Crippen molar-refractivity contribution in [3.8, 4) is 11.5 Å². The molecule has 5 rings (SSSR count). The lowest BCUT2D eigenvalue weighted by atomic mass is 10.1. The maximum Gasteiger partial charge on any atom is 0.323 e. The minimum Gasteiger partial charge on any atom is -0.480 e. The van der Waals surface area contributed by atoms with Crippen LogP contribution in [0.3, 0.4) is 0 Å². The largest absolute Gasteiger partial charge is 0.480 e. The Bertz CT molecular complexity index is 1440. The number of carbonyl (C=O) groups excluding carboxylic acids is 2. The van der Waals surface area contributed by atoms with Gasteiger partial charge < -0.3 is 24.5 Å². The number of thiocarbonyl (C=S) groups is 1. The van der Waals surface area contributed by atoms with Gasteiger partial charge in [-0.2, -0.15) is 0 Å². The molecule has 2 aromatic carbocycles. The molecule has 0 radical (unpaired) electrons. The Kier molecular flexibility index (Phi) is 5.95. The summed E-state index contributed by atoms with van der Waals surface area (Å²) >= 11 is 6.27. The average Bonchev–Trinajstić information content (AvgIpc) is 3.47. The molecule has 3 aromatic rings. The van der Waals surface area contributed by atoms with Crippen molar-refractivity contribution >= 4 is 68.8 Å². The number of anilines is 1. The number of fused-ring (bicyclic) bond motifs is 2. The summed E-state index contributed by atoms with van der Waals surface area (Å²) in [4.78, 5) is 38.2. The summed E-state index contributed by atoms with van der Waals surface area (Å²) in [5, 5.41) is 12.8. The smallest absolute Gasteiger partial charge is 0.323 e. The van der Waals surface area contributed by atoms with E-state index in [1.807, 2.05) is 35.8 Å². The number of amides is 2. The number of ether oxygens (including phenoxy) is 2. The van der Waals surface area contributed by atoms with Crippen LogP contribution in [0.15, 0.2) is 47.4 Å². The summed E-state index contributed by atoms with van der Waals surface area (Å²) in [7, 11) is 0. The van der Waals surface area contributed by atoms with E-state index in [4.69, 9.17) is 26.8 Å². The van der Waals surface area contributed by atoms with Crippen molar-refractivity contribution in [1.29, 1.82) is 0 Å². The molecule has 0 spiro atoms. The second kappa shape index (κ2) is 9.08. The van der Waals surface area contributed by atoms with Crippen LogP contribution in [-0.2, 0) is 20.9 Å². The van der Waals surface area contributed by atoms with Gasteiger partial charge >= 0.3 is 5.97 Å². The zero-order valence-corrected chi connectivity index (χ0v) is 20.1. The van der Waals surface area contributed by atoms with E-state index in [9.17, 15) is 14.4 Å². The first kappa shape index (κ1) is 22.9. The molecule has 3 heterocycles. The molecular formula is C24H19N3O6S2. The summed E-state index contributed by atoms with van der Waals surface area (Å²) in [6.45, 7) is 1.59. The van der Waals surface area contributed by atoms with Crippen LogP contribution in [-0.4, -0.2) is 50.0 Å². The van der Waals surface area contributed by atoms with Gasteiger partial charge in [0.1, 0.15) is 17.4 Å². The Morgan fingerprint density at radius 2 is 1.94 bits per heavy atom. The topological polar surface area (TPSA) is 110 Å². The molecule has 2 aliphatic heterocycles. The predicted octanol–water partition coefficient (Wildman–Crippen LogP) is 3.60. The lowest BCUT2D eigenvalue weighted by Crippen LogP contribution is -2.33. The van der Waals surface area contributed by atoms with E-state index < -0.39 is 18.4 Å². The number of nitrogens with zero attached hydrogens (tertiary/aromatic N) is 2. The zero-order chi connectivity index (χ0) is 24.7. The molecular weight excluding hydrogens is 490 g/mol. The monoisotopic (exact) mass is 509 g/mol. The number of aliphatic carboxylic acids is 1. The van der Waals surface area contributed by atoms with Crippen LogP contribution in [0.5, 0.6) is 11.5 Å². The fourth-order valence-corrected chi connectivity index (χ4v) is 5.30. The van der Waals surface area contributed by atoms with E-state index in [0.717, 1.165) is 38.8 Å². The standard InChI is InChI=1S/C24H19N3O6S2/c1-13-16(9-20-23(31)27(11-22(29)30)24(34)35-20)15-4-2-3-5-17(15)26(13)10-21(28)25-14-6-7-18-19(8-14)33-12-32-18/h2-9H,10-12H2,1H3,(H,25,28)(H,29,30)/b20-9+. The van der Waals surface area contributed by atoms with Gasteiger partial charge in [-0.25, -0.2) is 0 Å². The third-order valence-electron chi connectivity index (χ3n) is 5.68. The van der Waals surface area contributed by atoms with Crippen molar-refractivity contribution < 1.29 is 29.0 Å². The van der Waals surface area contributed by atoms with Crippen molar-refractivity contribution in [3.63, 3.8) is 0 Å². The molecule has 9 nitrogen and oxygen atoms in total. The van der Waals surface area contributed by atoms with E-state index in [0.29, 0.717) is 22.1 Å². The highest BCUT2D eigenvalue weighted by atomic mass is 32.2. The Labute approximate surface area is 209 Å². The Hall–Kier alpha value is -3.83. The number of hydrogen-bond acceptors (Lipinski definition) is 7. The summed E-state index contributed by atoms with van der Waals surface area (Å²) in [6.07, 6.45) is 1.71. The fourth-order valence-electron chi connectivity index (χ4n) is 4.06. The Balaban J connectivity index is 1.44. The van der Waals surface area contributed by atoms with Gasteiger partial charge in [0, 0.05) is 33.9 Å². The maximum absolute atomic E-state index is 12.9. The zero-order valence-electron chi connectivity index (χ0n) is 18.4. The first-order valence-electron chi connectivity index (χ1n) is 10.6. The van der Waals surface area contributed by atoms with E-state index in [1.54, 1.807) is 24.3 Å². The van der Waals surface area contributed by atoms with Crippen LogP contribution < -0.4 is 14.8 Å². The minimum absolute atomic E-state index is 0.0502. The molecule has 0 unspecified atom stereocenters. The van der Waals surface area contributed by atoms with E-state index >= 15 is 0 Å². The van der Waals surface area contributed by atoms with Gasteiger partial charge in [0.25, 0.3) is 5.91 Å². The number of carbonyl (C=O) groups is 3. The van der Waals surface area contributed by atoms with Crippen molar-refractivity contribution in [3.05, 3.63) is 58.6 Å². The third-order valence-corrected chi connectivity index (χ3v) is 7.06. The van der Waals surface area contributed by atoms with Crippen LogP contribution in [0.25, 0.3) is 17.0 Å². The minimum atomic E-state index is -1.14. The lowest BCUT2D eigenvalue weighted by Gasteiger charge is -2.10. The number of aromatic nitrogens is 1. The van der Waals surface area contributed by atoms with Gasteiger partial charge in [-0.15, -0.1) is 0 Å². The molecule has 2 N–H and O–H groups in total. The van der Waals surface area contributed by atoms with Crippen LogP contribution >= 0.6 is 24.0 Å². The van der Waals surface area contributed by atoms with Gasteiger partial charge in [0.2, 0.25) is 12.7 Å². The van der Waals surface area contributed by atoms with Crippen molar-refractivity contribution in [2.75, 3.05) is 18.7 Å². The number of rotatable bonds is 6. The summed E-state index contributed by atoms with van der Waals surface area (Å²) in [6, 6.07) is 12.8. The second-order valence-corrected chi connectivity index (χ2v) is 9.56. The summed E-state index contributed by atoms with van der Waals surface area (Å²) < 4.78 is 12.8. The number of carboxylic acid groups (broad SMARTS) is 1. The number of benzene rings is 2. The molecule has 178 valence electrons. The molecule has 0 saturated carbocycles. The van der Waals surface area contributed by atoms with Crippen molar-refractivity contribution in [2.24, 2.45) is 0 Å². The molecule has 0 atom stereocenters. The van der Waals surface area contributed by atoms with E-state index in [-0.39, 0.29) is 23.6 Å². The van der Waals surface area contributed by atoms with Crippen LogP contribution in [0.2, 0.25) is 0 Å². The quantitative estimate of drug-likeness (QED) is 0.383. The number of carboxylic acids is 1. The fraction of sp³-hybridized carbons (Fsp3) is 0.167. The van der Waals surface area contributed by atoms with Gasteiger partial charge in [0.05, 0.1) is 4.91 Å². The highest BCUT2D eigenvalue weighted by molar-refractivity contribution is 8.26. The first-order chi connectivity index (χ1) is 16.8. The SMILES string of the molecule is Cc1c(/C=C2/SC(=S)N(CC(=O)O)C2=O)c2ccccc2n1CC(=O)Nc1ccc2c(c1)OCO2. The molecule has 1 saturated heterocycles. The summed E-state index contributed by atoms with van der Waals surface area (Å²) in [5.41, 5.74) is 2.98. The number of nitrogens with one attached hydrogen (secondary N) is 1. The van der Waals surface area contributed by atoms with Gasteiger partial charge in [-0.1, -0.05) is 42.2 Å². The van der Waals surface area contributed by atoms with Gasteiger partial charge in [0.15, 0.2) is 11.5 Å². The molecule has 1 fully saturated rings. The first-order valence-corrected chi connectivity index (χ1v) is 11.8. The van der Waals surface area contributed by atoms with E-state index in [2.05, 4.69) is 5.32 Å². The van der Waals surface area contributed by atoms with Crippen molar-refractivity contribution in [2.45, 2.75) is 13.5 Å². The highest BCUT2D eigenvalue weighted by Gasteiger charge is 2.33. The maximum atomic E-state index is 12.9. The summed E-state index contributed by atoms with van der Waals surface area (Å²) in [5.74, 6) is -0.600. The van der Waals surface area contributed by atoms with Gasteiger partial charge in [-0.3, -0.25) is 19.3 Å².